The fourth-order valence-corrected chi connectivity index (χ4v) is 2.96. The summed E-state index contributed by atoms with van der Waals surface area (Å²) < 4.78 is 31.9. The van der Waals surface area contributed by atoms with Crippen molar-refractivity contribution in [2.45, 2.75) is 32.7 Å². The largest absolute Gasteiger partial charge is 0.379 e. The minimum atomic E-state index is -0.548. The Balaban J connectivity index is 1.89. The van der Waals surface area contributed by atoms with Crippen molar-refractivity contribution in [2.24, 2.45) is 4.99 Å². The molecule has 1 fully saturated rings. The van der Waals surface area contributed by atoms with Gasteiger partial charge in [0.2, 0.25) is 0 Å². The Hall–Kier alpha value is -1.73. The van der Waals surface area contributed by atoms with E-state index >= 15 is 0 Å². The third kappa shape index (κ3) is 6.53. The summed E-state index contributed by atoms with van der Waals surface area (Å²) in [6.45, 7) is 11.7. The number of guanidine groups is 1. The fraction of sp³-hybridized carbons (Fsp3) is 0.632. The van der Waals surface area contributed by atoms with Gasteiger partial charge in [0.1, 0.15) is 11.6 Å². The Bertz CT molecular complexity index is 581. The number of aliphatic imine (C=N–C) groups is 1. The first-order valence-electron chi connectivity index (χ1n) is 9.20. The van der Waals surface area contributed by atoms with E-state index in [2.05, 4.69) is 29.4 Å². The second-order valence-electron chi connectivity index (χ2n) is 7.06. The van der Waals surface area contributed by atoms with E-state index in [1.165, 1.54) is 12.1 Å². The number of rotatable bonds is 7. The maximum absolute atomic E-state index is 13.3. The normalized spacial score (nSPS) is 16.6. The summed E-state index contributed by atoms with van der Waals surface area (Å²) >= 11 is 0. The molecule has 2 N–H and O–H groups in total. The summed E-state index contributed by atoms with van der Waals surface area (Å²) in [6.07, 6.45) is 0.520. The smallest absolute Gasteiger partial charge is 0.191 e. The van der Waals surface area contributed by atoms with Gasteiger partial charge in [-0.1, -0.05) is 0 Å². The van der Waals surface area contributed by atoms with Crippen LogP contribution in [0, 0.1) is 11.6 Å². The minimum absolute atomic E-state index is 0.0577. The van der Waals surface area contributed by atoms with Crippen LogP contribution in [-0.4, -0.2) is 62.3 Å². The summed E-state index contributed by atoms with van der Waals surface area (Å²) in [5.41, 5.74) is 0.567. The van der Waals surface area contributed by atoms with Crippen LogP contribution < -0.4 is 10.6 Å². The van der Waals surface area contributed by atoms with E-state index in [-0.39, 0.29) is 5.54 Å². The number of ether oxygens (including phenoxy) is 1. The maximum atomic E-state index is 13.3. The van der Waals surface area contributed by atoms with E-state index in [4.69, 9.17) is 9.73 Å². The molecule has 1 aromatic carbocycles. The van der Waals surface area contributed by atoms with Crippen molar-refractivity contribution in [3.63, 3.8) is 0 Å². The first-order valence-corrected chi connectivity index (χ1v) is 9.20. The number of morpholine rings is 1. The minimum Gasteiger partial charge on any atom is -0.379 e. The first kappa shape index (κ1) is 20.6. The highest BCUT2D eigenvalue weighted by Gasteiger charge is 2.28. The molecule has 0 spiro atoms. The molecule has 2 rings (SSSR count). The average Bonchev–Trinajstić information content (AvgIpc) is 2.60. The topological polar surface area (TPSA) is 48.9 Å². The van der Waals surface area contributed by atoms with E-state index in [1.807, 2.05) is 6.92 Å². The Morgan fingerprint density at radius 3 is 2.42 bits per heavy atom. The van der Waals surface area contributed by atoms with Crippen molar-refractivity contribution in [2.75, 3.05) is 45.9 Å². The zero-order valence-corrected chi connectivity index (χ0v) is 15.9. The molecule has 7 heteroatoms. The predicted molar refractivity (Wildman–Crippen MR) is 101 cm³/mol. The molecule has 1 aliphatic rings. The van der Waals surface area contributed by atoms with Crippen molar-refractivity contribution in [3.8, 4) is 0 Å². The predicted octanol–water partition coefficient (Wildman–Crippen LogP) is 2.17. The van der Waals surface area contributed by atoms with Gasteiger partial charge in [0.25, 0.3) is 0 Å². The van der Waals surface area contributed by atoms with Crippen LogP contribution in [-0.2, 0) is 11.2 Å². The molecular formula is C19H30F2N4O. The highest BCUT2D eigenvalue weighted by molar-refractivity contribution is 5.79. The van der Waals surface area contributed by atoms with Gasteiger partial charge in [0, 0.05) is 37.8 Å². The van der Waals surface area contributed by atoms with Crippen molar-refractivity contribution in [1.29, 1.82) is 0 Å². The van der Waals surface area contributed by atoms with E-state index in [1.54, 1.807) is 0 Å². The molecule has 0 saturated carbocycles. The van der Waals surface area contributed by atoms with Gasteiger partial charge in [-0.05, 0) is 44.9 Å². The molecule has 5 nitrogen and oxygen atoms in total. The van der Waals surface area contributed by atoms with Crippen LogP contribution in [0.15, 0.2) is 23.2 Å². The van der Waals surface area contributed by atoms with Crippen LogP contribution in [0.3, 0.4) is 0 Å². The lowest BCUT2D eigenvalue weighted by Crippen LogP contribution is -2.52. The zero-order valence-electron chi connectivity index (χ0n) is 15.9. The van der Waals surface area contributed by atoms with Gasteiger partial charge in [0.15, 0.2) is 5.96 Å². The number of nitrogens with one attached hydrogen (secondary N) is 2. The standard InChI is InChI=1S/C19H30F2N4O/c1-4-22-18(23-6-5-15-11-16(20)13-17(21)12-15)24-14-19(2,3)25-7-9-26-10-8-25/h11-13H,4-10,14H2,1-3H3,(H2,22,23,24). The fourth-order valence-electron chi connectivity index (χ4n) is 2.96. The monoisotopic (exact) mass is 368 g/mol. The molecule has 0 amide bonds. The molecule has 1 heterocycles. The van der Waals surface area contributed by atoms with Crippen LogP contribution in [0.5, 0.6) is 0 Å². The van der Waals surface area contributed by atoms with Crippen LogP contribution in [0.2, 0.25) is 0 Å². The Labute approximate surface area is 154 Å². The number of hydrogen-bond donors (Lipinski definition) is 2. The van der Waals surface area contributed by atoms with Gasteiger partial charge in [-0.2, -0.15) is 0 Å². The Morgan fingerprint density at radius 1 is 1.15 bits per heavy atom. The lowest BCUT2D eigenvalue weighted by atomic mass is 10.0. The van der Waals surface area contributed by atoms with Crippen molar-refractivity contribution in [3.05, 3.63) is 35.4 Å². The molecule has 1 aliphatic heterocycles. The molecular weight excluding hydrogens is 338 g/mol. The summed E-state index contributed by atoms with van der Waals surface area (Å²) in [4.78, 5) is 7.08. The van der Waals surface area contributed by atoms with E-state index in [0.717, 1.165) is 38.9 Å². The first-order chi connectivity index (χ1) is 12.4. The summed E-state index contributed by atoms with van der Waals surface area (Å²) in [5.74, 6) is -0.383. The summed E-state index contributed by atoms with van der Waals surface area (Å²) in [6, 6.07) is 3.60. The second-order valence-corrected chi connectivity index (χ2v) is 7.06. The van der Waals surface area contributed by atoms with Gasteiger partial charge < -0.3 is 15.4 Å². The van der Waals surface area contributed by atoms with Crippen molar-refractivity contribution in [1.82, 2.24) is 15.5 Å². The second kappa shape index (κ2) is 9.83. The van der Waals surface area contributed by atoms with Gasteiger partial charge >= 0.3 is 0 Å². The molecule has 26 heavy (non-hydrogen) atoms. The van der Waals surface area contributed by atoms with Gasteiger partial charge in [-0.15, -0.1) is 0 Å². The van der Waals surface area contributed by atoms with E-state index in [9.17, 15) is 8.78 Å². The van der Waals surface area contributed by atoms with Crippen LogP contribution >= 0.6 is 0 Å². The molecule has 0 unspecified atom stereocenters. The third-order valence-corrected chi connectivity index (χ3v) is 4.46. The van der Waals surface area contributed by atoms with Gasteiger partial charge in [-0.25, -0.2) is 8.78 Å². The third-order valence-electron chi connectivity index (χ3n) is 4.46. The quantitative estimate of drug-likeness (QED) is 0.572. The molecule has 0 aliphatic carbocycles. The average molecular weight is 368 g/mol. The highest BCUT2D eigenvalue weighted by atomic mass is 19.1. The number of hydrogen-bond acceptors (Lipinski definition) is 3. The lowest BCUT2D eigenvalue weighted by molar-refractivity contribution is -0.00683. The van der Waals surface area contributed by atoms with Crippen molar-refractivity contribution < 1.29 is 13.5 Å². The highest BCUT2D eigenvalue weighted by Crippen LogP contribution is 2.16. The zero-order chi connectivity index (χ0) is 19.0. The molecule has 1 saturated heterocycles. The van der Waals surface area contributed by atoms with Gasteiger partial charge in [-0.3, -0.25) is 9.89 Å². The van der Waals surface area contributed by atoms with Gasteiger partial charge in [0.05, 0.1) is 19.8 Å². The summed E-state index contributed by atoms with van der Waals surface area (Å²) in [7, 11) is 0. The van der Waals surface area contributed by atoms with Crippen LogP contribution in [0.1, 0.15) is 26.3 Å². The number of benzene rings is 1. The molecule has 1 aromatic rings. The van der Waals surface area contributed by atoms with E-state index < -0.39 is 11.6 Å². The number of halogens is 2. The molecule has 0 atom stereocenters. The Kier molecular flexibility index (Phi) is 7.78. The van der Waals surface area contributed by atoms with E-state index in [0.29, 0.717) is 31.0 Å². The van der Waals surface area contributed by atoms with Crippen LogP contribution in [0.4, 0.5) is 8.78 Å². The lowest BCUT2D eigenvalue weighted by Gasteiger charge is -2.39. The number of nitrogens with zero attached hydrogens (tertiary/aromatic N) is 2. The molecule has 0 aromatic heterocycles. The van der Waals surface area contributed by atoms with Crippen molar-refractivity contribution >= 4 is 5.96 Å². The molecule has 0 radical (unpaired) electrons. The summed E-state index contributed by atoms with van der Waals surface area (Å²) in [5, 5.41) is 6.45. The maximum Gasteiger partial charge on any atom is 0.191 e. The molecule has 146 valence electrons. The van der Waals surface area contributed by atoms with Crippen LogP contribution in [0.25, 0.3) is 0 Å². The Morgan fingerprint density at radius 2 is 1.81 bits per heavy atom. The SMILES string of the molecule is CCNC(=NCC(C)(C)N1CCOCC1)NCCc1cc(F)cc(F)c1. The molecule has 0 bridgehead atoms.